The Morgan fingerprint density at radius 2 is 1.94 bits per heavy atom. The van der Waals surface area contributed by atoms with Crippen molar-refractivity contribution in [3.63, 3.8) is 0 Å². The van der Waals surface area contributed by atoms with Gasteiger partial charge in [0.15, 0.2) is 9.84 Å². The van der Waals surface area contributed by atoms with Gasteiger partial charge in [0.1, 0.15) is 17.0 Å². The fraction of sp³-hybridized carbons (Fsp3) is 0.458. The van der Waals surface area contributed by atoms with Gasteiger partial charge in [-0.2, -0.15) is 0 Å². The van der Waals surface area contributed by atoms with Gasteiger partial charge in [-0.05, 0) is 69.0 Å². The van der Waals surface area contributed by atoms with E-state index >= 15 is 0 Å². The average Bonchev–Trinajstić information content (AvgIpc) is 3.44. The summed E-state index contributed by atoms with van der Waals surface area (Å²) in [6.45, 7) is 4.15. The van der Waals surface area contributed by atoms with Crippen LogP contribution in [0.25, 0.3) is 11.0 Å². The lowest BCUT2D eigenvalue weighted by Gasteiger charge is -2.39. The third kappa shape index (κ3) is 4.07. The molecule has 8 heteroatoms. The van der Waals surface area contributed by atoms with E-state index in [1.165, 1.54) is 12.1 Å². The molecule has 2 saturated heterocycles. The molecular formula is C24H29FN4O2S. The van der Waals surface area contributed by atoms with Gasteiger partial charge >= 0.3 is 0 Å². The number of hydrogen-bond donors (Lipinski definition) is 2. The summed E-state index contributed by atoms with van der Waals surface area (Å²) in [5.74, 6) is 0.779. The molecule has 2 N–H and O–H groups in total. The van der Waals surface area contributed by atoms with Crippen LogP contribution < -0.4 is 5.32 Å². The number of halogens is 1. The normalized spacial score (nSPS) is 21.9. The van der Waals surface area contributed by atoms with Gasteiger partial charge in [-0.3, -0.25) is 4.90 Å². The van der Waals surface area contributed by atoms with Crippen molar-refractivity contribution in [2.75, 3.05) is 19.6 Å². The van der Waals surface area contributed by atoms with Crippen LogP contribution in [-0.4, -0.2) is 54.3 Å². The van der Waals surface area contributed by atoms with Gasteiger partial charge in [-0.15, -0.1) is 0 Å². The Morgan fingerprint density at radius 1 is 1.12 bits per heavy atom. The van der Waals surface area contributed by atoms with Crippen LogP contribution in [0.1, 0.15) is 43.0 Å². The molecule has 2 aliphatic rings. The second-order valence-corrected chi connectivity index (χ2v) is 11.1. The van der Waals surface area contributed by atoms with Gasteiger partial charge in [0.2, 0.25) is 0 Å². The molecule has 3 aromatic rings. The standard InChI is InChI=1S/C24H29FN4O2S/c1-16-4-2-5-19(14-16)32(30,31)24(21-6-3-11-26-21)29-12-9-17(10-13-29)23-27-20-8-7-18(25)15-22(20)28-23/h2,4-5,7-8,14-15,17,21,24,26H,3,6,9-13H2,1H3,(H,27,28). The van der Waals surface area contributed by atoms with Crippen molar-refractivity contribution in [1.29, 1.82) is 0 Å². The summed E-state index contributed by atoms with van der Waals surface area (Å²) in [5, 5.41) is 2.86. The van der Waals surface area contributed by atoms with Crippen LogP contribution in [-0.2, 0) is 9.84 Å². The quantitative estimate of drug-likeness (QED) is 0.612. The van der Waals surface area contributed by atoms with E-state index in [0.717, 1.165) is 49.1 Å². The SMILES string of the molecule is Cc1cccc(S(=O)(=O)C(C2CCCN2)N2CCC(c3nc4cc(F)ccc4[nH]3)CC2)c1. The highest BCUT2D eigenvalue weighted by Crippen LogP contribution is 2.33. The first kappa shape index (κ1) is 21.6. The van der Waals surface area contributed by atoms with E-state index < -0.39 is 15.2 Å². The second kappa shape index (κ2) is 8.57. The number of aryl methyl sites for hydroxylation is 1. The Kier molecular flexibility index (Phi) is 5.77. The zero-order valence-electron chi connectivity index (χ0n) is 18.2. The van der Waals surface area contributed by atoms with Gasteiger partial charge in [0, 0.05) is 31.1 Å². The molecule has 0 radical (unpaired) electrons. The molecule has 2 fully saturated rings. The van der Waals surface area contributed by atoms with E-state index in [2.05, 4.69) is 20.2 Å². The first-order valence-corrected chi connectivity index (χ1v) is 12.9. The smallest absolute Gasteiger partial charge is 0.195 e. The molecule has 2 unspecified atom stereocenters. The Morgan fingerprint density at radius 3 is 2.66 bits per heavy atom. The minimum Gasteiger partial charge on any atom is -0.342 e. The zero-order valence-corrected chi connectivity index (χ0v) is 19.0. The minimum absolute atomic E-state index is 0.0637. The highest BCUT2D eigenvalue weighted by atomic mass is 32.2. The van der Waals surface area contributed by atoms with E-state index in [0.29, 0.717) is 23.5 Å². The molecule has 0 amide bonds. The molecule has 32 heavy (non-hydrogen) atoms. The molecule has 0 bridgehead atoms. The topological polar surface area (TPSA) is 78.1 Å². The van der Waals surface area contributed by atoms with Gasteiger partial charge in [-0.1, -0.05) is 12.1 Å². The largest absolute Gasteiger partial charge is 0.342 e. The van der Waals surface area contributed by atoms with Crippen molar-refractivity contribution in [1.82, 2.24) is 20.2 Å². The highest BCUT2D eigenvalue weighted by Gasteiger charge is 2.42. The van der Waals surface area contributed by atoms with Crippen molar-refractivity contribution in [2.24, 2.45) is 0 Å². The lowest BCUT2D eigenvalue weighted by atomic mass is 9.95. The van der Waals surface area contributed by atoms with E-state index in [1.807, 2.05) is 19.1 Å². The lowest BCUT2D eigenvalue weighted by molar-refractivity contribution is 0.168. The van der Waals surface area contributed by atoms with Crippen molar-refractivity contribution in [2.45, 2.75) is 54.8 Å². The fourth-order valence-electron chi connectivity index (χ4n) is 5.17. The molecule has 0 aliphatic carbocycles. The van der Waals surface area contributed by atoms with Gasteiger partial charge in [0.05, 0.1) is 15.9 Å². The Balaban J connectivity index is 1.38. The summed E-state index contributed by atoms with van der Waals surface area (Å²) < 4.78 is 41.0. The summed E-state index contributed by atoms with van der Waals surface area (Å²) in [5.41, 5.74) is 2.42. The van der Waals surface area contributed by atoms with Crippen molar-refractivity contribution in [3.05, 3.63) is 59.7 Å². The van der Waals surface area contributed by atoms with Gasteiger partial charge in [-0.25, -0.2) is 17.8 Å². The van der Waals surface area contributed by atoms with Gasteiger partial charge in [0.25, 0.3) is 0 Å². The molecule has 1 aromatic heterocycles. The molecule has 2 aliphatic heterocycles. The number of nitrogens with zero attached hydrogens (tertiary/aromatic N) is 2. The van der Waals surface area contributed by atoms with Crippen LogP contribution >= 0.6 is 0 Å². The number of benzene rings is 2. The summed E-state index contributed by atoms with van der Waals surface area (Å²) in [4.78, 5) is 10.5. The number of rotatable bonds is 5. The first-order chi connectivity index (χ1) is 15.4. The molecule has 6 nitrogen and oxygen atoms in total. The summed E-state index contributed by atoms with van der Waals surface area (Å²) in [7, 11) is -3.52. The first-order valence-electron chi connectivity index (χ1n) is 11.3. The van der Waals surface area contributed by atoms with Crippen LogP contribution in [0, 0.1) is 12.7 Å². The minimum atomic E-state index is -3.52. The Hall–Kier alpha value is -2.29. The molecule has 5 rings (SSSR count). The van der Waals surface area contributed by atoms with Crippen LogP contribution in [0.15, 0.2) is 47.4 Å². The maximum absolute atomic E-state index is 13.7. The number of aromatic amines is 1. The number of hydrogen-bond acceptors (Lipinski definition) is 5. The predicted octanol–water partition coefficient (Wildman–Crippen LogP) is 3.74. The number of piperidine rings is 1. The predicted molar refractivity (Wildman–Crippen MR) is 123 cm³/mol. The van der Waals surface area contributed by atoms with Crippen LogP contribution in [0.3, 0.4) is 0 Å². The van der Waals surface area contributed by atoms with E-state index in [-0.39, 0.29) is 17.8 Å². The number of sulfone groups is 1. The van der Waals surface area contributed by atoms with Crippen LogP contribution in [0.5, 0.6) is 0 Å². The molecule has 0 saturated carbocycles. The summed E-state index contributed by atoms with van der Waals surface area (Å²) in [6, 6.07) is 11.8. The van der Waals surface area contributed by atoms with Gasteiger partial charge < -0.3 is 10.3 Å². The molecule has 170 valence electrons. The van der Waals surface area contributed by atoms with E-state index in [4.69, 9.17) is 0 Å². The number of H-pyrrole nitrogens is 1. The third-order valence-corrected chi connectivity index (χ3v) is 8.99. The Bertz CT molecular complexity index is 1210. The maximum Gasteiger partial charge on any atom is 0.195 e. The lowest BCUT2D eigenvalue weighted by Crippen LogP contribution is -2.54. The number of fused-ring (bicyclic) bond motifs is 1. The number of likely N-dealkylation sites (tertiary alicyclic amines) is 1. The monoisotopic (exact) mass is 456 g/mol. The maximum atomic E-state index is 13.7. The van der Waals surface area contributed by atoms with Crippen molar-refractivity contribution in [3.8, 4) is 0 Å². The highest BCUT2D eigenvalue weighted by molar-refractivity contribution is 7.92. The molecule has 2 atom stereocenters. The summed E-state index contributed by atoms with van der Waals surface area (Å²) in [6.07, 6.45) is 3.49. The number of aromatic nitrogens is 2. The van der Waals surface area contributed by atoms with Crippen molar-refractivity contribution >= 4 is 20.9 Å². The molecule has 2 aromatic carbocycles. The average molecular weight is 457 g/mol. The molecule has 3 heterocycles. The van der Waals surface area contributed by atoms with Crippen LogP contribution in [0.2, 0.25) is 0 Å². The molecular weight excluding hydrogens is 427 g/mol. The second-order valence-electron chi connectivity index (χ2n) is 9.05. The molecule has 0 spiro atoms. The van der Waals surface area contributed by atoms with E-state index in [9.17, 15) is 12.8 Å². The van der Waals surface area contributed by atoms with Crippen LogP contribution in [0.4, 0.5) is 4.39 Å². The van der Waals surface area contributed by atoms with Crippen molar-refractivity contribution < 1.29 is 12.8 Å². The number of imidazole rings is 1. The van der Waals surface area contributed by atoms with E-state index in [1.54, 1.807) is 18.2 Å². The summed E-state index contributed by atoms with van der Waals surface area (Å²) >= 11 is 0. The third-order valence-electron chi connectivity index (χ3n) is 6.82. The Labute approximate surface area is 188 Å². The fourth-order valence-corrected chi connectivity index (χ4v) is 7.34. The zero-order chi connectivity index (χ0) is 22.3. The number of nitrogens with one attached hydrogen (secondary N) is 2.